The van der Waals surface area contributed by atoms with Gasteiger partial charge in [0.25, 0.3) is 0 Å². The van der Waals surface area contributed by atoms with E-state index in [0.29, 0.717) is 13.4 Å². The molecular weight excluding hydrogens is 284 g/mol. The summed E-state index contributed by atoms with van der Waals surface area (Å²) < 4.78 is 10.9. The summed E-state index contributed by atoms with van der Waals surface area (Å²) >= 11 is 7.83. The van der Waals surface area contributed by atoms with Crippen molar-refractivity contribution in [2.24, 2.45) is 4.99 Å². The van der Waals surface area contributed by atoms with Crippen molar-refractivity contribution in [3.05, 3.63) is 28.3 Å². The SMILES string of the molecule is Clc1cc2c(c(CSC3=NCCCN3)c1)OCOC2. The lowest BCUT2D eigenvalue weighted by atomic mass is 10.1. The molecule has 0 fully saturated rings. The van der Waals surface area contributed by atoms with Crippen molar-refractivity contribution in [3.63, 3.8) is 0 Å². The van der Waals surface area contributed by atoms with Gasteiger partial charge in [0.1, 0.15) is 5.75 Å². The fourth-order valence-electron chi connectivity index (χ4n) is 2.12. The summed E-state index contributed by atoms with van der Waals surface area (Å²) in [6.45, 7) is 2.79. The fourth-order valence-corrected chi connectivity index (χ4v) is 3.27. The van der Waals surface area contributed by atoms with Crippen molar-refractivity contribution < 1.29 is 9.47 Å². The highest BCUT2D eigenvalue weighted by Crippen LogP contribution is 2.34. The Balaban J connectivity index is 1.76. The first-order chi connectivity index (χ1) is 9.33. The molecule has 4 nitrogen and oxygen atoms in total. The molecule has 0 saturated heterocycles. The predicted octanol–water partition coefficient (Wildman–Crippen LogP) is 2.79. The molecular formula is C13H15ClN2O2S. The highest BCUT2D eigenvalue weighted by atomic mass is 35.5. The van der Waals surface area contributed by atoms with Gasteiger partial charge < -0.3 is 14.8 Å². The second-order valence-electron chi connectivity index (χ2n) is 4.42. The van der Waals surface area contributed by atoms with E-state index >= 15 is 0 Å². The molecule has 19 heavy (non-hydrogen) atoms. The number of nitrogens with zero attached hydrogens (tertiary/aromatic N) is 1. The maximum atomic E-state index is 6.14. The van der Waals surface area contributed by atoms with Gasteiger partial charge in [-0.3, -0.25) is 4.99 Å². The lowest BCUT2D eigenvalue weighted by Gasteiger charge is -2.21. The summed E-state index contributed by atoms with van der Waals surface area (Å²) in [6.07, 6.45) is 1.11. The van der Waals surface area contributed by atoms with E-state index in [9.17, 15) is 0 Å². The molecule has 0 spiro atoms. The second kappa shape index (κ2) is 6.03. The van der Waals surface area contributed by atoms with Crippen LogP contribution in [0.2, 0.25) is 5.02 Å². The summed E-state index contributed by atoms with van der Waals surface area (Å²) in [5.41, 5.74) is 2.12. The zero-order chi connectivity index (χ0) is 13.1. The van der Waals surface area contributed by atoms with Gasteiger partial charge in [0, 0.05) is 35.0 Å². The molecule has 0 saturated carbocycles. The van der Waals surface area contributed by atoms with E-state index in [2.05, 4.69) is 10.3 Å². The molecule has 2 aliphatic rings. The van der Waals surface area contributed by atoms with E-state index in [1.165, 1.54) is 0 Å². The Bertz CT molecular complexity index is 508. The Morgan fingerprint density at radius 3 is 3.21 bits per heavy atom. The standard InChI is InChI=1S/C13H15ClN2O2S/c14-11-4-9-6-17-8-18-12(9)10(5-11)7-19-13-15-2-1-3-16-13/h4-5H,1-3,6-8H2,(H,15,16). The van der Waals surface area contributed by atoms with Crippen molar-refractivity contribution in [1.82, 2.24) is 5.32 Å². The van der Waals surface area contributed by atoms with Crippen molar-refractivity contribution in [2.45, 2.75) is 18.8 Å². The molecule has 0 bridgehead atoms. The molecule has 2 aliphatic heterocycles. The number of hydrogen-bond donors (Lipinski definition) is 1. The molecule has 0 amide bonds. The minimum absolute atomic E-state index is 0.311. The molecule has 0 aromatic heterocycles. The van der Waals surface area contributed by atoms with Crippen LogP contribution in [0.4, 0.5) is 0 Å². The predicted molar refractivity (Wildman–Crippen MR) is 78.0 cm³/mol. The highest BCUT2D eigenvalue weighted by Gasteiger charge is 2.17. The third-order valence-corrected chi connectivity index (χ3v) is 4.20. The topological polar surface area (TPSA) is 42.9 Å². The van der Waals surface area contributed by atoms with Crippen LogP contribution in [0.3, 0.4) is 0 Å². The van der Waals surface area contributed by atoms with Crippen molar-refractivity contribution >= 4 is 28.5 Å². The maximum absolute atomic E-state index is 6.14. The third-order valence-electron chi connectivity index (χ3n) is 2.98. The fraction of sp³-hybridized carbons (Fsp3) is 0.462. The minimum atomic E-state index is 0.311. The molecule has 102 valence electrons. The Kier molecular flexibility index (Phi) is 4.15. The second-order valence-corrected chi connectivity index (χ2v) is 5.82. The number of halogens is 1. The van der Waals surface area contributed by atoms with Crippen LogP contribution >= 0.6 is 23.4 Å². The van der Waals surface area contributed by atoms with Crippen LogP contribution in [-0.2, 0) is 17.1 Å². The summed E-state index contributed by atoms with van der Waals surface area (Å²) in [7, 11) is 0. The Morgan fingerprint density at radius 2 is 2.37 bits per heavy atom. The van der Waals surface area contributed by atoms with E-state index in [1.54, 1.807) is 11.8 Å². The quantitative estimate of drug-likeness (QED) is 0.912. The number of thioether (sulfide) groups is 1. The van der Waals surface area contributed by atoms with Gasteiger partial charge in [-0.1, -0.05) is 23.4 Å². The largest absolute Gasteiger partial charge is 0.467 e. The van der Waals surface area contributed by atoms with E-state index in [-0.39, 0.29) is 0 Å². The number of rotatable bonds is 2. The van der Waals surface area contributed by atoms with E-state index in [0.717, 1.165) is 52.3 Å². The average Bonchev–Trinajstić information content (AvgIpc) is 2.45. The summed E-state index contributed by atoms with van der Waals surface area (Å²) in [5.74, 6) is 1.72. The molecule has 0 aliphatic carbocycles. The number of amidine groups is 1. The van der Waals surface area contributed by atoms with E-state index in [1.807, 2.05) is 12.1 Å². The molecule has 6 heteroatoms. The number of ether oxygens (including phenoxy) is 2. The smallest absolute Gasteiger partial charge is 0.189 e. The van der Waals surface area contributed by atoms with Crippen LogP contribution in [0.25, 0.3) is 0 Å². The van der Waals surface area contributed by atoms with Crippen LogP contribution in [0, 0.1) is 0 Å². The number of hydrogen-bond acceptors (Lipinski definition) is 5. The van der Waals surface area contributed by atoms with Gasteiger partial charge in [-0.2, -0.15) is 0 Å². The number of aliphatic imine (C=N–C) groups is 1. The monoisotopic (exact) mass is 298 g/mol. The molecule has 1 aromatic rings. The van der Waals surface area contributed by atoms with Gasteiger partial charge in [-0.05, 0) is 18.6 Å². The van der Waals surface area contributed by atoms with Crippen LogP contribution < -0.4 is 10.1 Å². The Hall–Kier alpha value is -0.910. The van der Waals surface area contributed by atoms with Crippen LogP contribution in [0.5, 0.6) is 5.75 Å². The van der Waals surface area contributed by atoms with Crippen molar-refractivity contribution in [2.75, 3.05) is 19.9 Å². The summed E-state index contributed by atoms with van der Waals surface area (Å²) in [4.78, 5) is 4.45. The number of benzene rings is 1. The first-order valence-electron chi connectivity index (χ1n) is 6.26. The summed E-state index contributed by atoms with van der Waals surface area (Å²) in [6, 6.07) is 3.86. The first kappa shape index (κ1) is 13.1. The average molecular weight is 299 g/mol. The molecule has 3 rings (SSSR count). The van der Waals surface area contributed by atoms with Crippen molar-refractivity contribution in [3.8, 4) is 5.75 Å². The van der Waals surface area contributed by atoms with Gasteiger partial charge in [0.05, 0.1) is 6.61 Å². The minimum Gasteiger partial charge on any atom is -0.467 e. The lowest BCUT2D eigenvalue weighted by molar-refractivity contribution is -0.0168. The number of fused-ring (bicyclic) bond motifs is 1. The van der Waals surface area contributed by atoms with Crippen molar-refractivity contribution in [1.29, 1.82) is 0 Å². The molecule has 0 radical (unpaired) electrons. The Morgan fingerprint density at radius 1 is 1.42 bits per heavy atom. The zero-order valence-corrected chi connectivity index (χ0v) is 12.0. The van der Waals surface area contributed by atoms with Gasteiger partial charge >= 0.3 is 0 Å². The molecule has 1 aromatic carbocycles. The molecule has 2 heterocycles. The van der Waals surface area contributed by atoms with Crippen LogP contribution in [0.15, 0.2) is 17.1 Å². The van der Waals surface area contributed by atoms with Gasteiger partial charge in [-0.25, -0.2) is 0 Å². The van der Waals surface area contributed by atoms with Crippen LogP contribution in [0.1, 0.15) is 17.5 Å². The van der Waals surface area contributed by atoms with E-state index < -0.39 is 0 Å². The zero-order valence-electron chi connectivity index (χ0n) is 10.4. The third kappa shape index (κ3) is 3.16. The first-order valence-corrected chi connectivity index (χ1v) is 7.62. The highest BCUT2D eigenvalue weighted by molar-refractivity contribution is 8.13. The normalized spacial score (nSPS) is 18.1. The molecule has 0 atom stereocenters. The lowest BCUT2D eigenvalue weighted by Crippen LogP contribution is -2.26. The van der Waals surface area contributed by atoms with E-state index in [4.69, 9.17) is 21.1 Å². The number of nitrogens with one attached hydrogen (secondary N) is 1. The Labute approximate surface area is 121 Å². The van der Waals surface area contributed by atoms with Gasteiger partial charge in [0.2, 0.25) is 0 Å². The van der Waals surface area contributed by atoms with Crippen LogP contribution in [-0.4, -0.2) is 25.1 Å². The molecule has 1 N–H and O–H groups in total. The van der Waals surface area contributed by atoms with Gasteiger partial charge in [0.15, 0.2) is 12.0 Å². The van der Waals surface area contributed by atoms with Gasteiger partial charge in [-0.15, -0.1) is 0 Å². The molecule has 0 unspecified atom stereocenters. The maximum Gasteiger partial charge on any atom is 0.189 e. The summed E-state index contributed by atoms with van der Waals surface area (Å²) in [5, 5.41) is 5.03.